The largest absolute Gasteiger partial charge is 0.328 e. The quantitative estimate of drug-likeness (QED) is 0.487. The minimum absolute atomic E-state index is 0.123. The van der Waals surface area contributed by atoms with Crippen LogP contribution in [0.15, 0.2) is 52.5 Å². The number of tetrazole rings is 1. The monoisotopic (exact) mass is 473 g/mol. The van der Waals surface area contributed by atoms with E-state index < -0.39 is 0 Å². The van der Waals surface area contributed by atoms with E-state index in [9.17, 15) is 4.79 Å². The number of nitrogens with one attached hydrogen (secondary N) is 1. The van der Waals surface area contributed by atoms with Crippen LogP contribution in [-0.4, -0.2) is 36.0 Å². The maximum Gasteiger partial charge on any atom is 0.328 e. The van der Waals surface area contributed by atoms with Crippen molar-refractivity contribution >= 4 is 6.21 Å². The number of imidazole rings is 1. The molecule has 8 nitrogen and oxygen atoms in total. The van der Waals surface area contributed by atoms with Crippen molar-refractivity contribution in [3.8, 4) is 11.4 Å². The summed E-state index contributed by atoms with van der Waals surface area (Å²) in [6.07, 6.45) is 14.2. The van der Waals surface area contributed by atoms with Crippen molar-refractivity contribution in [2.45, 2.75) is 77.3 Å². The first-order valence-corrected chi connectivity index (χ1v) is 12.9. The molecule has 1 saturated carbocycles. The number of nitrogens with zero attached hydrogens (tertiary/aromatic N) is 6. The summed E-state index contributed by atoms with van der Waals surface area (Å²) in [6.45, 7) is 7.33. The molecule has 2 aromatic heterocycles. The van der Waals surface area contributed by atoms with Crippen molar-refractivity contribution in [3.63, 3.8) is 0 Å². The molecule has 3 unspecified atom stereocenters. The molecule has 0 saturated heterocycles. The number of rotatable bonds is 9. The summed E-state index contributed by atoms with van der Waals surface area (Å²) in [5.74, 6) is 1.79. The number of hydrogen-bond donors (Lipinski definition) is 1. The first kappa shape index (κ1) is 23.5. The number of aliphatic imine (C=N–C) groups is 1. The molecule has 8 heteroatoms. The number of aromatic amines is 1. The van der Waals surface area contributed by atoms with Crippen molar-refractivity contribution in [2.75, 3.05) is 0 Å². The zero-order valence-electron chi connectivity index (χ0n) is 20.9. The predicted molar refractivity (Wildman–Crippen MR) is 137 cm³/mol. The Morgan fingerprint density at radius 2 is 2.14 bits per heavy atom. The average molecular weight is 474 g/mol. The van der Waals surface area contributed by atoms with Gasteiger partial charge in [0.05, 0.1) is 0 Å². The van der Waals surface area contributed by atoms with E-state index in [4.69, 9.17) is 0 Å². The summed E-state index contributed by atoms with van der Waals surface area (Å²) < 4.78 is 4.08. The molecule has 0 radical (unpaired) electrons. The Hall–Kier alpha value is -3.29. The van der Waals surface area contributed by atoms with Gasteiger partial charge in [0.15, 0.2) is 5.82 Å². The van der Waals surface area contributed by atoms with Crippen LogP contribution in [0.25, 0.3) is 11.4 Å². The summed E-state index contributed by atoms with van der Waals surface area (Å²) in [5, 5.41) is 14.4. The molecule has 184 valence electrons. The third kappa shape index (κ3) is 4.42. The fraction of sp³-hybridized carbons (Fsp3) is 0.519. The Morgan fingerprint density at radius 3 is 2.80 bits per heavy atom. The molecule has 1 aliphatic carbocycles. The van der Waals surface area contributed by atoms with Gasteiger partial charge in [0.25, 0.3) is 0 Å². The molecular formula is C27H35N7O. The molecule has 35 heavy (non-hydrogen) atoms. The molecular weight excluding hydrogens is 438 g/mol. The lowest BCUT2D eigenvalue weighted by Crippen LogP contribution is -2.41. The normalized spacial score (nSPS) is 23.7. The van der Waals surface area contributed by atoms with Crippen molar-refractivity contribution in [1.29, 1.82) is 0 Å². The van der Waals surface area contributed by atoms with Gasteiger partial charge in [-0.25, -0.2) is 9.89 Å². The molecule has 0 amide bonds. The number of benzene rings is 1. The van der Waals surface area contributed by atoms with Gasteiger partial charge in [0, 0.05) is 47.9 Å². The average Bonchev–Trinajstić information content (AvgIpc) is 3.48. The van der Waals surface area contributed by atoms with E-state index >= 15 is 0 Å². The molecule has 3 atom stereocenters. The van der Waals surface area contributed by atoms with Gasteiger partial charge >= 0.3 is 5.69 Å². The molecule has 1 aromatic carbocycles. The lowest BCUT2D eigenvalue weighted by molar-refractivity contribution is 0.125. The first-order valence-electron chi connectivity index (χ1n) is 12.9. The van der Waals surface area contributed by atoms with Crippen molar-refractivity contribution in [2.24, 2.45) is 16.8 Å². The van der Waals surface area contributed by atoms with E-state index in [0.29, 0.717) is 30.2 Å². The first-order chi connectivity index (χ1) is 17.0. The fourth-order valence-corrected chi connectivity index (χ4v) is 5.64. The fourth-order valence-electron chi connectivity index (χ4n) is 5.64. The third-order valence-electron chi connectivity index (χ3n) is 7.91. The van der Waals surface area contributed by atoms with Crippen LogP contribution in [0.4, 0.5) is 0 Å². The number of H-pyrrole nitrogens is 1. The SMILES string of the molecule is CCCCc1cn(C2CCC2C(C)C)c(=O)n1CC1(c2cccc(-c3nnn[nH]3)c2)C=CN=CC1. The summed E-state index contributed by atoms with van der Waals surface area (Å²) in [7, 11) is 0. The topological polar surface area (TPSA) is 93.7 Å². The lowest BCUT2D eigenvalue weighted by atomic mass is 9.72. The van der Waals surface area contributed by atoms with Gasteiger partial charge < -0.3 is 0 Å². The third-order valence-corrected chi connectivity index (χ3v) is 7.91. The molecule has 5 rings (SSSR count). The van der Waals surface area contributed by atoms with Crippen molar-refractivity contribution < 1.29 is 0 Å². The minimum Gasteiger partial charge on any atom is -0.296 e. The zero-order chi connectivity index (χ0) is 24.4. The van der Waals surface area contributed by atoms with Crippen LogP contribution in [0.2, 0.25) is 0 Å². The Kier molecular flexibility index (Phi) is 6.54. The molecule has 1 aliphatic heterocycles. The highest BCUT2D eigenvalue weighted by atomic mass is 16.1. The van der Waals surface area contributed by atoms with E-state index in [-0.39, 0.29) is 11.1 Å². The molecule has 2 aliphatic rings. The highest BCUT2D eigenvalue weighted by molar-refractivity contribution is 5.65. The molecule has 3 aromatic rings. The van der Waals surface area contributed by atoms with Crippen molar-refractivity contribution in [3.05, 3.63) is 64.5 Å². The number of aryl methyl sites for hydroxylation is 1. The molecule has 0 spiro atoms. The van der Waals surface area contributed by atoms with Crippen LogP contribution < -0.4 is 5.69 Å². The van der Waals surface area contributed by atoms with Crippen LogP contribution in [-0.2, 0) is 18.4 Å². The minimum atomic E-state index is -0.376. The molecule has 0 bridgehead atoms. The van der Waals surface area contributed by atoms with E-state index in [1.165, 1.54) is 6.42 Å². The smallest absolute Gasteiger partial charge is 0.296 e. The van der Waals surface area contributed by atoms with Gasteiger partial charge in [-0.05, 0) is 66.0 Å². The highest BCUT2D eigenvalue weighted by Gasteiger charge is 2.38. The van der Waals surface area contributed by atoms with Gasteiger partial charge in [-0.3, -0.25) is 14.1 Å². The summed E-state index contributed by atoms with van der Waals surface area (Å²) in [5.41, 5.74) is 2.93. The van der Waals surface area contributed by atoms with Gasteiger partial charge in [-0.15, -0.1) is 5.10 Å². The van der Waals surface area contributed by atoms with Gasteiger partial charge in [-0.2, -0.15) is 0 Å². The summed E-state index contributed by atoms with van der Waals surface area (Å²) in [4.78, 5) is 18.2. The second-order valence-electron chi connectivity index (χ2n) is 10.4. The van der Waals surface area contributed by atoms with Gasteiger partial charge in [0.1, 0.15) is 0 Å². The van der Waals surface area contributed by atoms with E-state index in [2.05, 4.69) is 70.8 Å². The molecule has 1 fully saturated rings. The highest BCUT2D eigenvalue weighted by Crippen LogP contribution is 2.43. The standard InChI is InChI=1S/C27H35N7O/c1-4-5-9-22-17-33(24-11-10-23(24)19(2)3)26(35)34(22)18-27(12-14-28-15-13-27)21-8-6-7-20(16-21)25-29-31-32-30-25/h6-8,12,14-17,19,23-24H,4-5,9-11,13,18H2,1-3H3,(H,29,30,31,32). The lowest BCUT2D eigenvalue weighted by Gasteiger charge is -2.39. The van der Waals surface area contributed by atoms with Crippen molar-refractivity contribution in [1.82, 2.24) is 29.8 Å². The molecule has 3 heterocycles. The number of allylic oxidation sites excluding steroid dienone is 1. The maximum atomic E-state index is 13.9. The Balaban J connectivity index is 1.56. The Labute approximate surface area is 206 Å². The van der Waals surface area contributed by atoms with Crippen LogP contribution in [0.5, 0.6) is 0 Å². The number of unbranched alkanes of at least 4 members (excludes halogenated alkanes) is 1. The van der Waals surface area contributed by atoms with E-state index in [1.54, 1.807) is 0 Å². The maximum absolute atomic E-state index is 13.9. The van der Waals surface area contributed by atoms with Crippen LogP contribution >= 0.6 is 0 Å². The molecule has 1 N–H and O–H groups in total. The number of aromatic nitrogens is 6. The Bertz CT molecular complexity index is 1270. The summed E-state index contributed by atoms with van der Waals surface area (Å²) in [6, 6.07) is 8.59. The zero-order valence-corrected chi connectivity index (χ0v) is 20.9. The Morgan fingerprint density at radius 1 is 1.26 bits per heavy atom. The van der Waals surface area contributed by atoms with Crippen LogP contribution in [0.3, 0.4) is 0 Å². The summed E-state index contributed by atoms with van der Waals surface area (Å²) >= 11 is 0. The second kappa shape index (κ2) is 9.76. The van der Waals surface area contributed by atoms with Gasteiger partial charge in [-0.1, -0.05) is 51.5 Å². The predicted octanol–water partition coefficient (Wildman–Crippen LogP) is 4.71. The van der Waals surface area contributed by atoms with Crippen LogP contribution in [0, 0.1) is 11.8 Å². The second-order valence-corrected chi connectivity index (χ2v) is 10.4. The van der Waals surface area contributed by atoms with E-state index in [1.807, 2.05) is 33.7 Å². The van der Waals surface area contributed by atoms with Crippen LogP contribution in [0.1, 0.15) is 70.2 Å². The van der Waals surface area contributed by atoms with Gasteiger partial charge in [0.2, 0.25) is 0 Å². The van der Waals surface area contributed by atoms with E-state index in [0.717, 1.165) is 48.9 Å². The number of hydrogen-bond acceptors (Lipinski definition) is 5.